The van der Waals surface area contributed by atoms with Crippen molar-refractivity contribution < 1.29 is 9.53 Å². The van der Waals surface area contributed by atoms with Gasteiger partial charge in [0.2, 0.25) is 0 Å². The lowest BCUT2D eigenvalue weighted by molar-refractivity contribution is 0.153. The molecule has 0 unspecified atom stereocenters. The number of rotatable bonds is 4. The zero-order valence-electron chi connectivity index (χ0n) is 11.8. The molecule has 0 saturated carbocycles. The van der Waals surface area contributed by atoms with E-state index in [9.17, 15) is 4.79 Å². The minimum absolute atomic E-state index is 0.253. The molecule has 2 rings (SSSR count). The third-order valence-electron chi connectivity index (χ3n) is 3.47. The number of amides is 1. The first-order chi connectivity index (χ1) is 9.79. The average molecular weight is 277 g/mol. The number of hydrogen-bond acceptors (Lipinski definition) is 4. The van der Waals surface area contributed by atoms with E-state index in [-0.39, 0.29) is 6.09 Å². The van der Waals surface area contributed by atoms with Crippen LogP contribution in [0.15, 0.2) is 30.3 Å². The van der Waals surface area contributed by atoms with Gasteiger partial charge in [0, 0.05) is 19.6 Å². The van der Waals surface area contributed by atoms with E-state index in [0.717, 1.165) is 52.1 Å². The summed E-state index contributed by atoms with van der Waals surface area (Å²) in [6.45, 7) is 5.12. The van der Waals surface area contributed by atoms with Gasteiger partial charge in [-0.05, 0) is 44.6 Å². The standard InChI is InChI=1S/C15H23N3O2/c16-8-4-9-17-10-5-11-18(13-12-17)15(19)20-14-6-2-1-3-7-14/h1-3,6-7H,4-5,8-13,16H2. The molecule has 1 heterocycles. The lowest BCUT2D eigenvalue weighted by Gasteiger charge is -2.21. The molecular formula is C15H23N3O2. The number of benzene rings is 1. The van der Waals surface area contributed by atoms with Gasteiger partial charge in [0.15, 0.2) is 0 Å². The van der Waals surface area contributed by atoms with Gasteiger partial charge in [-0.1, -0.05) is 18.2 Å². The molecule has 1 fully saturated rings. The van der Waals surface area contributed by atoms with Crippen LogP contribution >= 0.6 is 0 Å². The first-order valence-electron chi connectivity index (χ1n) is 7.24. The van der Waals surface area contributed by atoms with Gasteiger partial charge >= 0.3 is 6.09 Å². The fourth-order valence-corrected chi connectivity index (χ4v) is 2.35. The molecule has 0 atom stereocenters. The number of ether oxygens (including phenoxy) is 1. The van der Waals surface area contributed by atoms with Gasteiger partial charge in [-0.2, -0.15) is 0 Å². The molecule has 1 saturated heterocycles. The third-order valence-corrected chi connectivity index (χ3v) is 3.47. The number of nitrogens with two attached hydrogens (primary N) is 1. The predicted octanol–water partition coefficient (Wildman–Crippen LogP) is 1.54. The molecule has 5 nitrogen and oxygen atoms in total. The van der Waals surface area contributed by atoms with E-state index >= 15 is 0 Å². The number of nitrogens with zero attached hydrogens (tertiary/aromatic N) is 2. The zero-order chi connectivity index (χ0) is 14.2. The largest absolute Gasteiger partial charge is 0.415 e. The molecule has 110 valence electrons. The molecule has 0 aliphatic carbocycles. The minimum atomic E-state index is -0.253. The minimum Gasteiger partial charge on any atom is -0.410 e. The van der Waals surface area contributed by atoms with Gasteiger partial charge < -0.3 is 20.3 Å². The molecular weight excluding hydrogens is 254 g/mol. The van der Waals surface area contributed by atoms with Gasteiger partial charge in [0.1, 0.15) is 5.75 Å². The Bertz CT molecular complexity index is 411. The van der Waals surface area contributed by atoms with Crippen molar-refractivity contribution in [2.45, 2.75) is 12.8 Å². The van der Waals surface area contributed by atoms with E-state index in [4.69, 9.17) is 10.5 Å². The number of para-hydroxylation sites is 1. The van der Waals surface area contributed by atoms with E-state index in [1.807, 2.05) is 18.2 Å². The van der Waals surface area contributed by atoms with Crippen molar-refractivity contribution >= 4 is 6.09 Å². The number of hydrogen-bond donors (Lipinski definition) is 1. The maximum absolute atomic E-state index is 12.1. The van der Waals surface area contributed by atoms with Crippen molar-refractivity contribution in [3.8, 4) is 5.75 Å². The molecule has 1 amide bonds. The predicted molar refractivity (Wildman–Crippen MR) is 78.8 cm³/mol. The van der Waals surface area contributed by atoms with Gasteiger partial charge in [0.25, 0.3) is 0 Å². The van der Waals surface area contributed by atoms with Crippen LogP contribution in [0.1, 0.15) is 12.8 Å². The highest BCUT2D eigenvalue weighted by Crippen LogP contribution is 2.12. The van der Waals surface area contributed by atoms with E-state index in [2.05, 4.69) is 4.90 Å². The van der Waals surface area contributed by atoms with E-state index in [0.29, 0.717) is 5.75 Å². The molecule has 1 aromatic carbocycles. The number of carbonyl (C=O) groups is 1. The van der Waals surface area contributed by atoms with Crippen molar-refractivity contribution in [2.75, 3.05) is 39.3 Å². The van der Waals surface area contributed by atoms with E-state index < -0.39 is 0 Å². The highest BCUT2D eigenvalue weighted by Gasteiger charge is 2.20. The van der Waals surface area contributed by atoms with E-state index in [1.165, 1.54) is 0 Å². The summed E-state index contributed by atoms with van der Waals surface area (Å²) in [6.07, 6.45) is 1.74. The van der Waals surface area contributed by atoms with Crippen LogP contribution in [0.25, 0.3) is 0 Å². The van der Waals surface area contributed by atoms with Crippen molar-refractivity contribution in [3.63, 3.8) is 0 Å². The molecule has 2 N–H and O–H groups in total. The fourth-order valence-electron chi connectivity index (χ4n) is 2.35. The van der Waals surface area contributed by atoms with Crippen molar-refractivity contribution in [1.82, 2.24) is 9.80 Å². The number of carbonyl (C=O) groups excluding carboxylic acids is 1. The van der Waals surface area contributed by atoms with Crippen LogP contribution in [0.2, 0.25) is 0 Å². The second-order valence-electron chi connectivity index (χ2n) is 5.01. The average Bonchev–Trinajstić information content (AvgIpc) is 2.72. The Morgan fingerprint density at radius 3 is 2.70 bits per heavy atom. The molecule has 0 spiro atoms. The Morgan fingerprint density at radius 2 is 1.95 bits per heavy atom. The first kappa shape index (κ1) is 14.8. The summed E-state index contributed by atoms with van der Waals surface area (Å²) < 4.78 is 5.37. The van der Waals surface area contributed by atoms with Gasteiger partial charge in [-0.3, -0.25) is 0 Å². The normalized spacial score (nSPS) is 16.8. The summed E-state index contributed by atoms with van der Waals surface area (Å²) in [4.78, 5) is 16.3. The summed E-state index contributed by atoms with van der Waals surface area (Å²) in [7, 11) is 0. The lowest BCUT2D eigenvalue weighted by Crippen LogP contribution is -2.37. The van der Waals surface area contributed by atoms with Crippen LogP contribution in [-0.4, -0.2) is 55.2 Å². The highest BCUT2D eigenvalue weighted by atomic mass is 16.6. The molecule has 0 radical (unpaired) electrons. The summed E-state index contributed by atoms with van der Waals surface area (Å²) in [6, 6.07) is 9.21. The zero-order valence-corrected chi connectivity index (χ0v) is 11.8. The first-order valence-corrected chi connectivity index (χ1v) is 7.24. The van der Waals surface area contributed by atoms with Crippen LogP contribution in [0.3, 0.4) is 0 Å². The maximum Gasteiger partial charge on any atom is 0.415 e. The molecule has 0 aromatic heterocycles. The molecule has 0 bridgehead atoms. The quantitative estimate of drug-likeness (QED) is 0.907. The Balaban J connectivity index is 1.82. The summed E-state index contributed by atoms with van der Waals surface area (Å²) >= 11 is 0. The highest BCUT2D eigenvalue weighted by molar-refractivity contribution is 5.70. The smallest absolute Gasteiger partial charge is 0.410 e. The monoisotopic (exact) mass is 277 g/mol. The molecule has 1 aliphatic rings. The Kier molecular flexibility index (Phi) is 5.83. The summed E-state index contributed by atoms with van der Waals surface area (Å²) in [5.41, 5.74) is 5.54. The van der Waals surface area contributed by atoms with Crippen LogP contribution in [0.4, 0.5) is 4.79 Å². The second kappa shape index (κ2) is 7.87. The van der Waals surface area contributed by atoms with Gasteiger partial charge in [-0.25, -0.2) is 4.79 Å². The van der Waals surface area contributed by atoms with Gasteiger partial charge in [-0.15, -0.1) is 0 Å². The fraction of sp³-hybridized carbons (Fsp3) is 0.533. The maximum atomic E-state index is 12.1. The second-order valence-corrected chi connectivity index (χ2v) is 5.01. The summed E-state index contributed by atoms with van der Waals surface area (Å²) in [5.74, 6) is 0.599. The molecule has 20 heavy (non-hydrogen) atoms. The van der Waals surface area contributed by atoms with Crippen molar-refractivity contribution in [3.05, 3.63) is 30.3 Å². The molecule has 5 heteroatoms. The lowest BCUT2D eigenvalue weighted by atomic mass is 10.3. The molecule has 1 aliphatic heterocycles. The SMILES string of the molecule is NCCCN1CCCN(C(=O)Oc2ccccc2)CC1. The summed E-state index contributed by atoms with van der Waals surface area (Å²) in [5, 5.41) is 0. The van der Waals surface area contributed by atoms with E-state index in [1.54, 1.807) is 17.0 Å². The topological polar surface area (TPSA) is 58.8 Å². The Morgan fingerprint density at radius 1 is 1.15 bits per heavy atom. The van der Waals surface area contributed by atoms with Gasteiger partial charge in [0.05, 0.1) is 0 Å². The Labute approximate surface area is 120 Å². The Hall–Kier alpha value is -1.59. The van der Waals surface area contributed by atoms with Crippen LogP contribution < -0.4 is 10.5 Å². The van der Waals surface area contributed by atoms with Crippen molar-refractivity contribution in [1.29, 1.82) is 0 Å². The van der Waals surface area contributed by atoms with Crippen LogP contribution in [0.5, 0.6) is 5.75 Å². The van der Waals surface area contributed by atoms with Crippen molar-refractivity contribution in [2.24, 2.45) is 5.73 Å². The van der Waals surface area contributed by atoms with Crippen LogP contribution in [-0.2, 0) is 0 Å². The molecule has 1 aromatic rings. The van der Waals surface area contributed by atoms with Crippen LogP contribution in [0, 0.1) is 0 Å². The third kappa shape index (κ3) is 4.51.